The van der Waals surface area contributed by atoms with Crippen LogP contribution in [-0.4, -0.2) is 15.9 Å². The molecule has 1 heterocycles. The predicted molar refractivity (Wildman–Crippen MR) is 73.1 cm³/mol. The van der Waals surface area contributed by atoms with Gasteiger partial charge in [-0.3, -0.25) is 4.79 Å². The van der Waals surface area contributed by atoms with Crippen LogP contribution >= 0.6 is 0 Å². The number of halogens is 1. The van der Waals surface area contributed by atoms with Crippen LogP contribution in [0.3, 0.4) is 0 Å². The number of nitrogens with zero attached hydrogens (tertiary/aromatic N) is 3. The Labute approximate surface area is 120 Å². The number of hydrogen-bond acceptors (Lipinski definition) is 4. The van der Waals surface area contributed by atoms with Crippen molar-refractivity contribution in [1.82, 2.24) is 9.97 Å². The first-order chi connectivity index (χ1) is 10.2. The van der Waals surface area contributed by atoms with Crippen LogP contribution in [0.1, 0.15) is 40.5 Å². The second-order valence-corrected chi connectivity index (χ2v) is 4.86. The maximum atomic E-state index is 13.0. The zero-order valence-electron chi connectivity index (χ0n) is 11.0. The molecule has 1 aromatic carbocycles. The summed E-state index contributed by atoms with van der Waals surface area (Å²) in [6.45, 7) is 0. The van der Waals surface area contributed by atoms with Gasteiger partial charge in [-0.2, -0.15) is 5.26 Å². The molecule has 1 saturated carbocycles. The zero-order chi connectivity index (χ0) is 14.8. The Morgan fingerprint density at radius 3 is 2.67 bits per heavy atom. The van der Waals surface area contributed by atoms with Crippen molar-refractivity contribution in [2.45, 2.75) is 18.8 Å². The number of anilines is 1. The molecule has 0 saturated heterocycles. The SMILES string of the molecule is N#Cc1cc(F)ccc1NC(=O)c1cnc(C2CC2)nc1. The van der Waals surface area contributed by atoms with Gasteiger partial charge in [-0.25, -0.2) is 14.4 Å². The van der Waals surface area contributed by atoms with Crippen molar-refractivity contribution in [3.63, 3.8) is 0 Å². The summed E-state index contributed by atoms with van der Waals surface area (Å²) in [4.78, 5) is 20.4. The number of nitriles is 1. The number of aromatic nitrogens is 2. The highest BCUT2D eigenvalue weighted by molar-refractivity contribution is 6.04. The molecule has 0 spiro atoms. The van der Waals surface area contributed by atoms with Crippen LogP contribution in [-0.2, 0) is 0 Å². The lowest BCUT2D eigenvalue weighted by Gasteiger charge is -2.07. The van der Waals surface area contributed by atoms with Crippen LogP contribution in [0.25, 0.3) is 0 Å². The van der Waals surface area contributed by atoms with E-state index in [0.29, 0.717) is 11.5 Å². The van der Waals surface area contributed by atoms with E-state index >= 15 is 0 Å². The van der Waals surface area contributed by atoms with Crippen LogP contribution in [0.2, 0.25) is 0 Å². The Morgan fingerprint density at radius 2 is 2.05 bits per heavy atom. The number of nitrogens with one attached hydrogen (secondary N) is 1. The van der Waals surface area contributed by atoms with E-state index in [-0.39, 0.29) is 11.3 Å². The van der Waals surface area contributed by atoms with E-state index < -0.39 is 11.7 Å². The summed E-state index contributed by atoms with van der Waals surface area (Å²) in [6, 6.07) is 5.45. The third-order valence-electron chi connectivity index (χ3n) is 3.23. The summed E-state index contributed by atoms with van der Waals surface area (Å²) >= 11 is 0. The second kappa shape index (κ2) is 5.29. The number of carbonyl (C=O) groups excluding carboxylic acids is 1. The van der Waals surface area contributed by atoms with Crippen molar-refractivity contribution in [3.8, 4) is 6.07 Å². The predicted octanol–water partition coefficient (Wildman–Crippen LogP) is 2.62. The van der Waals surface area contributed by atoms with Gasteiger partial charge in [-0.1, -0.05) is 0 Å². The van der Waals surface area contributed by atoms with Crippen LogP contribution < -0.4 is 5.32 Å². The number of rotatable bonds is 3. The number of carbonyl (C=O) groups is 1. The van der Waals surface area contributed by atoms with Crippen LogP contribution in [0, 0.1) is 17.1 Å². The largest absolute Gasteiger partial charge is 0.321 e. The summed E-state index contributed by atoms with van der Waals surface area (Å²) in [6.07, 6.45) is 5.11. The molecule has 1 fully saturated rings. The highest BCUT2D eigenvalue weighted by Gasteiger charge is 2.26. The Morgan fingerprint density at radius 1 is 1.33 bits per heavy atom. The van der Waals surface area contributed by atoms with Gasteiger partial charge in [0.15, 0.2) is 0 Å². The van der Waals surface area contributed by atoms with Crippen LogP contribution in [0.5, 0.6) is 0 Å². The highest BCUT2D eigenvalue weighted by Crippen LogP contribution is 2.37. The van der Waals surface area contributed by atoms with Crippen molar-refractivity contribution in [1.29, 1.82) is 5.26 Å². The first kappa shape index (κ1) is 13.2. The van der Waals surface area contributed by atoms with Gasteiger partial charge in [0.25, 0.3) is 5.91 Å². The van der Waals surface area contributed by atoms with Crippen molar-refractivity contribution in [3.05, 3.63) is 53.4 Å². The first-order valence-electron chi connectivity index (χ1n) is 6.50. The zero-order valence-corrected chi connectivity index (χ0v) is 11.0. The standard InChI is InChI=1S/C15H11FN4O/c16-12-3-4-13(10(5-12)6-17)20-15(21)11-7-18-14(19-8-11)9-1-2-9/h3-5,7-9H,1-2H2,(H,20,21). The fourth-order valence-corrected chi connectivity index (χ4v) is 1.92. The third kappa shape index (κ3) is 2.87. The van der Waals surface area contributed by atoms with Crippen molar-refractivity contribution in [2.75, 3.05) is 5.32 Å². The van der Waals surface area contributed by atoms with Gasteiger partial charge in [0.2, 0.25) is 0 Å². The summed E-state index contributed by atoms with van der Waals surface area (Å²) in [5.74, 6) is 0.220. The minimum atomic E-state index is -0.526. The van der Waals surface area contributed by atoms with Gasteiger partial charge in [0, 0.05) is 18.3 Å². The molecule has 0 aliphatic heterocycles. The summed E-state index contributed by atoms with van der Waals surface area (Å²) in [7, 11) is 0. The molecule has 0 bridgehead atoms. The summed E-state index contributed by atoms with van der Waals surface area (Å²) in [5.41, 5.74) is 0.627. The number of benzene rings is 1. The monoisotopic (exact) mass is 282 g/mol. The van der Waals surface area contributed by atoms with Crippen LogP contribution in [0.4, 0.5) is 10.1 Å². The van der Waals surface area contributed by atoms with E-state index in [9.17, 15) is 9.18 Å². The van der Waals surface area contributed by atoms with Crippen LogP contribution in [0.15, 0.2) is 30.6 Å². The Balaban J connectivity index is 1.78. The molecule has 1 amide bonds. The molecule has 1 aliphatic rings. The molecule has 21 heavy (non-hydrogen) atoms. The van der Waals surface area contributed by atoms with Gasteiger partial charge in [0.1, 0.15) is 17.7 Å². The van der Waals surface area contributed by atoms with E-state index in [1.165, 1.54) is 24.5 Å². The molecule has 1 aromatic heterocycles. The molecule has 5 nitrogen and oxygen atoms in total. The van der Waals surface area contributed by atoms with E-state index in [2.05, 4.69) is 15.3 Å². The van der Waals surface area contributed by atoms with Crippen molar-refractivity contribution in [2.24, 2.45) is 0 Å². The topological polar surface area (TPSA) is 78.7 Å². The summed E-state index contributed by atoms with van der Waals surface area (Å²) in [5, 5.41) is 11.5. The molecule has 0 atom stereocenters. The van der Waals surface area contributed by atoms with Gasteiger partial charge in [-0.15, -0.1) is 0 Å². The molecule has 1 aliphatic carbocycles. The number of amides is 1. The van der Waals surface area contributed by atoms with Gasteiger partial charge < -0.3 is 5.32 Å². The van der Waals surface area contributed by atoms with E-state index in [0.717, 1.165) is 24.7 Å². The molecule has 6 heteroatoms. The van der Waals surface area contributed by atoms with Gasteiger partial charge in [-0.05, 0) is 31.0 Å². The third-order valence-corrected chi connectivity index (χ3v) is 3.23. The molecule has 104 valence electrons. The number of hydrogen-bond donors (Lipinski definition) is 1. The Hall–Kier alpha value is -2.81. The molecular weight excluding hydrogens is 271 g/mol. The molecule has 1 N–H and O–H groups in total. The molecule has 3 rings (SSSR count). The molecule has 0 radical (unpaired) electrons. The van der Waals surface area contributed by atoms with Gasteiger partial charge in [0.05, 0.1) is 16.8 Å². The van der Waals surface area contributed by atoms with E-state index in [1.807, 2.05) is 6.07 Å². The lowest BCUT2D eigenvalue weighted by molar-refractivity contribution is 0.102. The maximum absolute atomic E-state index is 13.0. The first-order valence-corrected chi connectivity index (χ1v) is 6.50. The molecule has 0 unspecified atom stereocenters. The minimum absolute atomic E-state index is 0.0684. The van der Waals surface area contributed by atoms with Gasteiger partial charge >= 0.3 is 0 Å². The Kier molecular flexibility index (Phi) is 3.32. The lowest BCUT2D eigenvalue weighted by atomic mass is 10.2. The fraction of sp³-hybridized carbons (Fsp3) is 0.200. The van der Waals surface area contributed by atoms with Crippen molar-refractivity contribution < 1.29 is 9.18 Å². The van der Waals surface area contributed by atoms with Crippen molar-refractivity contribution >= 4 is 11.6 Å². The lowest BCUT2D eigenvalue weighted by Crippen LogP contribution is -2.14. The average Bonchev–Trinajstić information content (AvgIpc) is 3.34. The fourth-order valence-electron chi connectivity index (χ4n) is 1.92. The smallest absolute Gasteiger partial charge is 0.258 e. The molecule has 2 aromatic rings. The Bertz CT molecular complexity index is 732. The highest BCUT2D eigenvalue weighted by atomic mass is 19.1. The second-order valence-electron chi connectivity index (χ2n) is 4.86. The normalized spacial score (nSPS) is 13.5. The quantitative estimate of drug-likeness (QED) is 0.938. The summed E-state index contributed by atoms with van der Waals surface area (Å²) < 4.78 is 13.0. The minimum Gasteiger partial charge on any atom is -0.321 e. The van der Waals surface area contributed by atoms with E-state index in [4.69, 9.17) is 5.26 Å². The van der Waals surface area contributed by atoms with E-state index in [1.54, 1.807) is 0 Å². The molecular formula is C15H11FN4O. The average molecular weight is 282 g/mol. The maximum Gasteiger partial charge on any atom is 0.258 e.